The largest absolute Gasteiger partial charge is 0.463 e. The highest BCUT2D eigenvalue weighted by Gasteiger charge is 2.29. The van der Waals surface area contributed by atoms with Gasteiger partial charge < -0.3 is 9.73 Å². The second kappa shape index (κ2) is 5.29. The average molecular weight is 296 g/mol. The summed E-state index contributed by atoms with van der Waals surface area (Å²) in [5.41, 5.74) is 2.48. The number of nitrogens with zero attached hydrogens (tertiary/aromatic N) is 3. The molecule has 6 heteroatoms. The highest BCUT2D eigenvalue weighted by atomic mass is 16.3. The van der Waals surface area contributed by atoms with E-state index in [4.69, 9.17) is 4.42 Å². The van der Waals surface area contributed by atoms with E-state index in [0.29, 0.717) is 13.0 Å². The number of nitrogens with one attached hydrogen (secondary N) is 1. The molecular formula is C16H16N4O2. The van der Waals surface area contributed by atoms with Crippen LogP contribution >= 0.6 is 0 Å². The third kappa shape index (κ3) is 2.59. The number of carbonyl (C=O) groups is 1. The molecule has 1 fully saturated rings. The summed E-state index contributed by atoms with van der Waals surface area (Å²) in [7, 11) is 0. The third-order valence-corrected chi connectivity index (χ3v) is 3.78. The smallest absolute Gasteiger partial charge is 0.223 e. The van der Waals surface area contributed by atoms with E-state index in [-0.39, 0.29) is 11.8 Å². The zero-order valence-corrected chi connectivity index (χ0v) is 12.0. The van der Waals surface area contributed by atoms with Crippen molar-refractivity contribution in [2.75, 3.05) is 6.54 Å². The molecule has 3 aromatic heterocycles. The van der Waals surface area contributed by atoms with Crippen LogP contribution in [0.1, 0.15) is 18.5 Å². The maximum atomic E-state index is 11.6. The Morgan fingerprint density at radius 2 is 2.32 bits per heavy atom. The fraction of sp³-hybridized carbons (Fsp3) is 0.312. The zero-order valence-electron chi connectivity index (χ0n) is 12.0. The van der Waals surface area contributed by atoms with Gasteiger partial charge in [-0.1, -0.05) is 0 Å². The quantitative estimate of drug-likeness (QED) is 0.782. The van der Waals surface area contributed by atoms with Crippen LogP contribution < -0.4 is 5.32 Å². The number of aromatic nitrogens is 3. The van der Waals surface area contributed by atoms with E-state index in [1.54, 1.807) is 10.8 Å². The van der Waals surface area contributed by atoms with Crippen molar-refractivity contribution in [2.45, 2.75) is 19.3 Å². The monoisotopic (exact) mass is 296 g/mol. The molecule has 1 N–H and O–H groups in total. The Morgan fingerprint density at radius 1 is 1.41 bits per heavy atom. The van der Waals surface area contributed by atoms with Crippen LogP contribution in [0, 0.1) is 5.92 Å². The van der Waals surface area contributed by atoms with Gasteiger partial charge in [-0.05, 0) is 31.0 Å². The minimum Gasteiger partial charge on any atom is -0.463 e. The first-order valence-corrected chi connectivity index (χ1v) is 7.46. The maximum absolute atomic E-state index is 11.6. The Morgan fingerprint density at radius 3 is 3.09 bits per heavy atom. The van der Waals surface area contributed by atoms with E-state index in [1.807, 2.05) is 30.5 Å². The van der Waals surface area contributed by atoms with Crippen LogP contribution in [0.5, 0.6) is 0 Å². The van der Waals surface area contributed by atoms with Crippen LogP contribution in [0.2, 0.25) is 0 Å². The Bertz CT molecular complexity index is 803. The predicted octanol–water partition coefficient (Wildman–Crippen LogP) is 2.06. The van der Waals surface area contributed by atoms with Gasteiger partial charge in [0.05, 0.1) is 12.0 Å². The zero-order chi connectivity index (χ0) is 14.9. The highest BCUT2D eigenvalue weighted by Crippen LogP contribution is 2.28. The summed E-state index contributed by atoms with van der Waals surface area (Å²) in [5, 5.41) is 7.41. The molecule has 0 spiro atoms. The predicted molar refractivity (Wildman–Crippen MR) is 80.1 cm³/mol. The van der Waals surface area contributed by atoms with E-state index in [2.05, 4.69) is 15.4 Å². The van der Waals surface area contributed by atoms with Gasteiger partial charge in [0.1, 0.15) is 5.69 Å². The summed E-state index contributed by atoms with van der Waals surface area (Å²) in [6.45, 7) is 0.615. The van der Waals surface area contributed by atoms with Gasteiger partial charge in [-0.15, -0.1) is 0 Å². The molecule has 0 aliphatic heterocycles. The number of hydrogen-bond acceptors (Lipinski definition) is 4. The minimum absolute atomic E-state index is 0.169. The van der Waals surface area contributed by atoms with Crippen LogP contribution in [0.4, 0.5) is 0 Å². The summed E-state index contributed by atoms with van der Waals surface area (Å²) in [6.07, 6.45) is 6.26. The number of amides is 1. The van der Waals surface area contributed by atoms with Crippen molar-refractivity contribution in [3.05, 3.63) is 42.4 Å². The molecule has 112 valence electrons. The standard InChI is InChI=1S/C16H16N4O2/c21-16(11-3-4-11)17-7-5-12-10-15-18-13(6-8-20(15)19-12)14-2-1-9-22-14/h1-2,6,8-11H,3-5,7H2,(H,17,21). The first-order valence-electron chi connectivity index (χ1n) is 7.46. The lowest BCUT2D eigenvalue weighted by Crippen LogP contribution is -2.27. The van der Waals surface area contributed by atoms with Crippen LogP contribution in [0.3, 0.4) is 0 Å². The number of fused-ring (bicyclic) bond motifs is 1. The molecule has 0 bridgehead atoms. The topological polar surface area (TPSA) is 72.4 Å². The van der Waals surface area contributed by atoms with Gasteiger partial charge in [-0.3, -0.25) is 4.79 Å². The summed E-state index contributed by atoms with van der Waals surface area (Å²) >= 11 is 0. The van der Waals surface area contributed by atoms with E-state index in [9.17, 15) is 4.79 Å². The molecule has 6 nitrogen and oxygen atoms in total. The molecule has 1 aliphatic rings. The van der Waals surface area contributed by atoms with Gasteiger partial charge >= 0.3 is 0 Å². The lowest BCUT2D eigenvalue weighted by Gasteiger charge is -2.01. The van der Waals surface area contributed by atoms with Gasteiger partial charge in [0.2, 0.25) is 5.91 Å². The van der Waals surface area contributed by atoms with Gasteiger partial charge in [-0.2, -0.15) is 5.10 Å². The number of furan rings is 1. The van der Waals surface area contributed by atoms with Gasteiger partial charge in [-0.25, -0.2) is 9.50 Å². The molecule has 0 saturated heterocycles. The molecule has 1 amide bonds. The van der Waals surface area contributed by atoms with Gasteiger partial charge in [0.15, 0.2) is 11.4 Å². The van der Waals surface area contributed by atoms with Gasteiger partial charge in [0.25, 0.3) is 0 Å². The molecule has 0 atom stereocenters. The highest BCUT2D eigenvalue weighted by molar-refractivity contribution is 5.80. The Hall–Kier alpha value is -2.63. The molecule has 1 aliphatic carbocycles. The molecule has 0 radical (unpaired) electrons. The third-order valence-electron chi connectivity index (χ3n) is 3.78. The van der Waals surface area contributed by atoms with E-state index in [0.717, 1.165) is 35.6 Å². The van der Waals surface area contributed by atoms with E-state index < -0.39 is 0 Å². The van der Waals surface area contributed by atoms with Crippen molar-refractivity contribution in [2.24, 2.45) is 5.92 Å². The Labute approximate surface area is 127 Å². The fourth-order valence-electron chi connectivity index (χ4n) is 2.42. The van der Waals surface area contributed by atoms with Crippen molar-refractivity contribution < 1.29 is 9.21 Å². The minimum atomic E-state index is 0.169. The SMILES string of the molecule is O=C(NCCc1cc2nc(-c3ccco3)ccn2n1)C1CC1. The number of rotatable bonds is 5. The lowest BCUT2D eigenvalue weighted by molar-refractivity contribution is -0.122. The van der Waals surface area contributed by atoms with Crippen molar-refractivity contribution >= 4 is 11.6 Å². The molecule has 3 heterocycles. The molecule has 1 saturated carbocycles. The van der Waals surface area contributed by atoms with Crippen molar-refractivity contribution in [3.8, 4) is 11.5 Å². The second-order valence-electron chi connectivity index (χ2n) is 5.54. The molecule has 0 aromatic carbocycles. The number of carbonyl (C=O) groups excluding carboxylic acids is 1. The van der Waals surface area contributed by atoms with Crippen molar-refractivity contribution in [3.63, 3.8) is 0 Å². The van der Waals surface area contributed by atoms with E-state index in [1.165, 1.54) is 0 Å². The van der Waals surface area contributed by atoms with Crippen LogP contribution in [-0.2, 0) is 11.2 Å². The first-order chi connectivity index (χ1) is 10.8. The summed E-state index contributed by atoms with van der Waals surface area (Å²) in [5.74, 6) is 1.16. The van der Waals surface area contributed by atoms with Gasteiger partial charge in [0, 0.05) is 31.1 Å². The summed E-state index contributed by atoms with van der Waals surface area (Å²) in [4.78, 5) is 16.1. The fourth-order valence-corrected chi connectivity index (χ4v) is 2.42. The molecular weight excluding hydrogens is 280 g/mol. The summed E-state index contributed by atoms with van der Waals surface area (Å²) in [6, 6.07) is 7.53. The maximum Gasteiger partial charge on any atom is 0.223 e. The Kier molecular flexibility index (Phi) is 3.14. The normalized spacial score (nSPS) is 14.4. The lowest BCUT2D eigenvalue weighted by atomic mass is 10.3. The molecule has 3 aromatic rings. The summed E-state index contributed by atoms with van der Waals surface area (Å²) < 4.78 is 7.10. The average Bonchev–Trinajstić information content (AvgIpc) is 3.08. The van der Waals surface area contributed by atoms with Crippen LogP contribution in [0.25, 0.3) is 17.1 Å². The van der Waals surface area contributed by atoms with Crippen molar-refractivity contribution in [1.29, 1.82) is 0 Å². The second-order valence-corrected chi connectivity index (χ2v) is 5.54. The first kappa shape index (κ1) is 13.1. The molecule has 22 heavy (non-hydrogen) atoms. The van der Waals surface area contributed by atoms with Crippen LogP contribution in [0.15, 0.2) is 41.1 Å². The Balaban J connectivity index is 1.47. The van der Waals surface area contributed by atoms with Crippen LogP contribution in [-0.4, -0.2) is 27.0 Å². The number of hydrogen-bond donors (Lipinski definition) is 1. The van der Waals surface area contributed by atoms with Crippen molar-refractivity contribution in [1.82, 2.24) is 19.9 Å². The molecule has 0 unspecified atom stereocenters. The van der Waals surface area contributed by atoms with E-state index >= 15 is 0 Å². The molecule has 4 rings (SSSR count).